The molecule has 3 heterocycles. The summed E-state index contributed by atoms with van der Waals surface area (Å²) in [6.07, 6.45) is 6.36. The van der Waals surface area contributed by atoms with E-state index in [1.54, 1.807) is 0 Å². The lowest BCUT2D eigenvalue weighted by Crippen LogP contribution is -2.02. The first-order valence-corrected chi connectivity index (χ1v) is 12.1. The fourth-order valence-corrected chi connectivity index (χ4v) is 6.14. The van der Waals surface area contributed by atoms with Gasteiger partial charge in [0, 0.05) is 10.4 Å². The van der Waals surface area contributed by atoms with Crippen molar-refractivity contribution in [2.45, 2.75) is 46.0 Å². The van der Waals surface area contributed by atoms with Crippen molar-refractivity contribution in [2.75, 3.05) is 8.05 Å². The highest BCUT2D eigenvalue weighted by molar-refractivity contribution is 9.11. The second kappa shape index (κ2) is 8.04. The number of nitrogens with zero attached hydrogens (tertiary/aromatic N) is 3. The Morgan fingerprint density at radius 1 is 1.27 bits per heavy atom. The molecule has 8 heteroatoms. The second-order valence-corrected chi connectivity index (χ2v) is 10.0. The third-order valence-corrected chi connectivity index (χ3v) is 7.89. The highest BCUT2D eigenvalue weighted by Crippen LogP contribution is 2.51. The largest absolute Gasteiger partial charge is 0.309 e. The van der Waals surface area contributed by atoms with Crippen LogP contribution < -0.4 is 8.05 Å². The molecule has 4 nitrogen and oxygen atoms in total. The zero-order valence-electron chi connectivity index (χ0n) is 14.8. The van der Waals surface area contributed by atoms with Gasteiger partial charge in [-0.2, -0.15) is 8.75 Å². The molecule has 0 fully saturated rings. The van der Waals surface area contributed by atoms with Crippen LogP contribution in [-0.2, 0) is 6.42 Å². The van der Waals surface area contributed by atoms with Crippen LogP contribution in [0.2, 0.25) is 0 Å². The molecular formula is C18H21BrN4S3. The maximum absolute atomic E-state index is 4.59. The lowest BCUT2D eigenvalue weighted by atomic mass is 9.93. The van der Waals surface area contributed by atoms with Crippen molar-refractivity contribution in [3.05, 3.63) is 23.1 Å². The topological polar surface area (TPSA) is 41.1 Å². The average Bonchev–Trinajstić information content (AvgIpc) is 3.37. The van der Waals surface area contributed by atoms with E-state index in [0.717, 1.165) is 28.3 Å². The Balaban J connectivity index is 1.70. The maximum Gasteiger partial charge on any atom is 0.115 e. The van der Waals surface area contributed by atoms with Gasteiger partial charge in [0.1, 0.15) is 11.0 Å². The number of rotatable bonds is 7. The molecule has 1 aliphatic heterocycles. The van der Waals surface area contributed by atoms with Gasteiger partial charge in [-0.1, -0.05) is 39.5 Å². The van der Waals surface area contributed by atoms with Crippen LogP contribution in [0.15, 0.2) is 17.5 Å². The molecule has 0 radical (unpaired) electrons. The fourth-order valence-electron chi connectivity index (χ4n) is 3.43. The number of benzene rings is 1. The van der Waals surface area contributed by atoms with E-state index in [1.165, 1.54) is 72.0 Å². The lowest BCUT2D eigenvalue weighted by Gasteiger charge is -2.13. The summed E-state index contributed by atoms with van der Waals surface area (Å²) in [6, 6.07) is 4.44. The average molecular weight is 469 g/mol. The molecule has 1 atom stereocenters. The summed E-state index contributed by atoms with van der Waals surface area (Å²) < 4.78 is 14.4. The molecule has 1 N–H and O–H groups in total. The van der Waals surface area contributed by atoms with E-state index in [4.69, 9.17) is 0 Å². The summed E-state index contributed by atoms with van der Waals surface area (Å²) in [5.74, 6) is 0.782. The minimum atomic E-state index is 0.782. The van der Waals surface area contributed by atoms with Crippen LogP contribution in [0.5, 0.6) is 0 Å². The molecule has 1 aliphatic rings. The number of halogens is 1. The Labute approximate surface area is 175 Å². The summed E-state index contributed by atoms with van der Waals surface area (Å²) in [4.78, 5) is 1.27. The Bertz CT molecular complexity index is 907. The molecule has 1 aromatic carbocycles. The zero-order chi connectivity index (χ0) is 18.1. The van der Waals surface area contributed by atoms with Crippen LogP contribution in [0.1, 0.15) is 45.1 Å². The Hall–Kier alpha value is -0.830. The van der Waals surface area contributed by atoms with Crippen molar-refractivity contribution in [2.24, 2.45) is 5.92 Å². The summed E-state index contributed by atoms with van der Waals surface area (Å²) in [5.41, 5.74) is 6.81. The lowest BCUT2D eigenvalue weighted by molar-refractivity contribution is 0.449. The van der Waals surface area contributed by atoms with Crippen LogP contribution in [0, 0.1) is 5.92 Å². The predicted octanol–water partition coefficient (Wildman–Crippen LogP) is 7.28. The third kappa shape index (κ3) is 3.48. The van der Waals surface area contributed by atoms with Crippen LogP contribution in [0.25, 0.3) is 21.5 Å². The van der Waals surface area contributed by atoms with E-state index in [2.05, 4.69) is 61.0 Å². The zero-order valence-corrected chi connectivity index (χ0v) is 18.8. The minimum Gasteiger partial charge on any atom is -0.309 e. The molecule has 0 saturated carbocycles. The van der Waals surface area contributed by atoms with E-state index in [1.807, 2.05) is 14.7 Å². The van der Waals surface area contributed by atoms with E-state index >= 15 is 0 Å². The molecule has 2 aromatic heterocycles. The first-order valence-electron chi connectivity index (χ1n) is 8.97. The maximum atomic E-state index is 4.59. The number of nitrogens with one attached hydrogen (secondary N) is 1. The van der Waals surface area contributed by atoms with Gasteiger partial charge < -0.3 is 4.72 Å². The van der Waals surface area contributed by atoms with Gasteiger partial charge in [-0.25, -0.2) is 3.33 Å². The van der Waals surface area contributed by atoms with Crippen LogP contribution in [0.3, 0.4) is 0 Å². The molecular weight excluding hydrogens is 448 g/mol. The van der Waals surface area contributed by atoms with Gasteiger partial charge >= 0.3 is 0 Å². The van der Waals surface area contributed by atoms with Gasteiger partial charge in [0.2, 0.25) is 0 Å². The Kier molecular flexibility index (Phi) is 5.73. The van der Waals surface area contributed by atoms with Crippen molar-refractivity contribution >= 4 is 73.8 Å². The van der Waals surface area contributed by atoms with Gasteiger partial charge in [0.25, 0.3) is 0 Å². The number of aromatic nitrogens is 2. The molecule has 0 saturated heterocycles. The van der Waals surface area contributed by atoms with Crippen LogP contribution in [-0.4, -0.2) is 8.75 Å². The quantitative estimate of drug-likeness (QED) is 0.291. The third-order valence-electron chi connectivity index (χ3n) is 4.90. The molecule has 0 aliphatic carbocycles. The van der Waals surface area contributed by atoms with Gasteiger partial charge in [-0.05, 0) is 35.4 Å². The summed E-state index contributed by atoms with van der Waals surface area (Å²) >= 11 is 8.27. The molecule has 4 rings (SSSR count). The monoisotopic (exact) mass is 468 g/mol. The van der Waals surface area contributed by atoms with Gasteiger partial charge in [-0.3, -0.25) is 0 Å². The number of hydrogen-bond acceptors (Lipinski definition) is 7. The molecule has 0 amide bonds. The first-order chi connectivity index (χ1) is 12.7. The predicted molar refractivity (Wildman–Crippen MR) is 120 cm³/mol. The molecule has 0 bridgehead atoms. The smallest absolute Gasteiger partial charge is 0.115 e. The highest BCUT2D eigenvalue weighted by Gasteiger charge is 2.27. The Morgan fingerprint density at radius 3 is 2.96 bits per heavy atom. The van der Waals surface area contributed by atoms with Gasteiger partial charge in [0.15, 0.2) is 0 Å². The van der Waals surface area contributed by atoms with Crippen molar-refractivity contribution < 1.29 is 0 Å². The standard InChI is InChI=1S/C18H21BrN4S3/c1-3-5-6-11(4-2)7-12-8-15(24-10-12)16-17-13(20-25-22-17)9-14-18(16)23(19)26-21-14/h8-11,21H,3-7H2,1-2H3. The van der Waals surface area contributed by atoms with Crippen molar-refractivity contribution in [1.82, 2.24) is 8.75 Å². The van der Waals surface area contributed by atoms with Crippen LogP contribution >= 0.6 is 51.3 Å². The van der Waals surface area contributed by atoms with Crippen molar-refractivity contribution in [3.8, 4) is 10.4 Å². The SMILES string of the molecule is CCCCC(CC)Cc1csc(-c2c3c(cc4nsnc24)NSN3Br)c1. The van der Waals surface area contributed by atoms with E-state index in [-0.39, 0.29) is 0 Å². The molecule has 138 valence electrons. The van der Waals surface area contributed by atoms with Gasteiger partial charge in [-0.15, -0.1) is 11.3 Å². The summed E-state index contributed by atoms with van der Waals surface area (Å²) in [5, 5.41) is 2.32. The first kappa shape index (κ1) is 18.5. The van der Waals surface area contributed by atoms with E-state index in [9.17, 15) is 0 Å². The highest BCUT2D eigenvalue weighted by atomic mass is 79.9. The van der Waals surface area contributed by atoms with Crippen molar-refractivity contribution in [3.63, 3.8) is 0 Å². The fraction of sp³-hybridized carbons (Fsp3) is 0.444. The van der Waals surface area contributed by atoms with E-state index < -0.39 is 0 Å². The number of thiophene rings is 1. The summed E-state index contributed by atoms with van der Waals surface area (Å²) in [6.45, 7) is 4.59. The minimum absolute atomic E-state index is 0.782. The number of fused-ring (bicyclic) bond motifs is 2. The van der Waals surface area contributed by atoms with Crippen molar-refractivity contribution in [1.29, 1.82) is 0 Å². The second-order valence-electron chi connectivity index (χ2n) is 6.66. The van der Waals surface area contributed by atoms with Crippen LogP contribution in [0.4, 0.5) is 11.4 Å². The summed E-state index contributed by atoms with van der Waals surface area (Å²) in [7, 11) is 0. The number of unbranched alkanes of at least 4 members (excludes halogenated alkanes) is 1. The molecule has 1 unspecified atom stereocenters. The Morgan fingerprint density at radius 2 is 2.15 bits per heavy atom. The number of hydrogen-bond donors (Lipinski definition) is 1. The van der Waals surface area contributed by atoms with E-state index in [0.29, 0.717) is 0 Å². The van der Waals surface area contributed by atoms with Gasteiger partial charge in [0.05, 0.1) is 51.4 Å². The molecule has 26 heavy (non-hydrogen) atoms. The molecule has 3 aromatic rings. The normalized spacial score (nSPS) is 14.7. The number of anilines is 2. The molecule has 0 spiro atoms.